The van der Waals surface area contributed by atoms with Crippen LogP contribution in [0.5, 0.6) is 0 Å². The maximum Gasteiger partial charge on any atom is 0.241 e. The van der Waals surface area contributed by atoms with Gasteiger partial charge in [0.15, 0.2) is 0 Å². The standard InChI is InChI=1S/C19H30BrN3O3S/c1-15(2)18(22-27(25,26)17-9-7-16(20)8-10-17)19(24)21-11-14-23-12-5-3-4-6-13-23/h7-10,15,18,22H,3-6,11-14H2,1-2H3,(H,21,24)/t18-/m0/s1. The van der Waals surface area contributed by atoms with E-state index in [2.05, 4.69) is 30.9 Å². The fraction of sp³-hybridized carbons (Fsp3) is 0.632. The molecule has 1 aromatic carbocycles. The predicted molar refractivity (Wildman–Crippen MR) is 111 cm³/mol. The van der Waals surface area contributed by atoms with Crippen molar-refractivity contribution in [2.45, 2.75) is 50.5 Å². The Morgan fingerprint density at radius 2 is 1.70 bits per heavy atom. The first kappa shape index (κ1) is 22.3. The summed E-state index contributed by atoms with van der Waals surface area (Å²) in [6.07, 6.45) is 4.96. The summed E-state index contributed by atoms with van der Waals surface area (Å²) in [4.78, 5) is 15.1. The van der Waals surface area contributed by atoms with Gasteiger partial charge >= 0.3 is 0 Å². The van der Waals surface area contributed by atoms with Gasteiger partial charge in [-0.3, -0.25) is 4.79 Å². The monoisotopic (exact) mass is 459 g/mol. The summed E-state index contributed by atoms with van der Waals surface area (Å²) < 4.78 is 28.6. The van der Waals surface area contributed by atoms with Crippen molar-refractivity contribution in [2.24, 2.45) is 5.92 Å². The van der Waals surface area contributed by atoms with E-state index < -0.39 is 16.1 Å². The lowest BCUT2D eigenvalue weighted by Gasteiger charge is -2.23. The Bertz CT molecular complexity index is 699. The third kappa shape index (κ3) is 7.18. The van der Waals surface area contributed by atoms with E-state index in [-0.39, 0.29) is 16.7 Å². The normalized spacial score (nSPS) is 17.5. The van der Waals surface area contributed by atoms with Crippen LogP contribution in [0.15, 0.2) is 33.6 Å². The minimum atomic E-state index is -3.76. The van der Waals surface area contributed by atoms with Crippen molar-refractivity contribution < 1.29 is 13.2 Å². The third-order valence-corrected chi connectivity index (χ3v) is 6.77. The molecule has 1 saturated heterocycles. The number of rotatable bonds is 8. The van der Waals surface area contributed by atoms with Crippen molar-refractivity contribution in [2.75, 3.05) is 26.2 Å². The maximum atomic E-state index is 12.6. The van der Waals surface area contributed by atoms with Gasteiger partial charge < -0.3 is 10.2 Å². The summed E-state index contributed by atoms with van der Waals surface area (Å²) >= 11 is 3.29. The van der Waals surface area contributed by atoms with Gasteiger partial charge in [-0.15, -0.1) is 0 Å². The molecule has 8 heteroatoms. The molecule has 2 N–H and O–H groups in total. The first-order valence-electron chi connectivity index (χ1n) is 9.57. The Kier molecular flexibility index (Phi) is 8.72. The van der Waals surface area contributed by atoms with E-state index in [1.807, 2.05) is 13.8 Å². The van der Waals surface area contributed by atoms with Crippen molar-refractivity contribution >= 4 is 31.9 Å². The number of sulfonamides is 1. The van der Waals surface area contributed by atoms with Crippen LogP contribution in [-0.2, 0) is 14.8 Å². The molecule has 1 amide bonds. The Morgan fingerprint density at radius 1 is 1.11 bits per heavy atom. The number of benzene rings is 1. The lowest BCUT2D eigenvalue weighted by molar-refractivity contribution is -0.123. The molecule has 0 unspecified atom stereocenters. The van der Waals surface area contributed by atoms with Crippen LogP contribution < -0.4 is 10.0 Å². The number of nitrogens with one attached hydrogen (secondary N) is 2. The summed E-state index contributed by atoms with van der Waals surface area (Å²) in [5, 5.41) is 2.90. The molecule has 1 aliphatic rings. The van der Waals surface area contributed by atoms with Crippen molar-refractivity contribution in [1.82, 2.24) is 14.9 Å². The smallest absolute Gasteiger partial charge is 0.241 e. The van der Waals surface area contributed by atoms with E-state index >= 15 is 0 Å². The van der Waals surface area contributed by atoms with Gasteiger partial charge in [-0.05, 0) is 56.1 Å². The van der Waals surface area contributed by atoms with Crippen molar-refractivity contribution in [3.05, 3.63) is 28.7 Å². The molecule has 0 aliphatic carbocycles. The summed E-state index contributed by atoms with van der Waals surface area (Å²) in [5.74, 6) is -0.436. The predicted octanol–water partition coefficient (Wildman–Crippen LogP) is 2.74. The highest BCUT2D eigenvalue weighted by Crippen LogP contribution is 2.16. The van der Waals surface area contributed by atoms with Crippen LogP contribution in [0.2, 0.25) is 0 Å². The number of nitrogens with zero attached hydrogens (tertiary/aromatic N) is 1. The highest BCUT2D eigenvalue weighted by molar-refractivity contribution is 9.10. The molecule has 1 aromatic rings. The van der Waals surface area contributed by atoms with Gasteiger partial charge in [0.1, 0.15) is 6.04 Å². The molecule has 1 fully saturated rings. The molecule has 1 aliphatic heterocycles. The first-order valence-corrected chi connectivity index (χ1v) is 11.8. The molecule has 0 radical (unpaired) electrons. The number of amides is 1. The second-order valence-corrected chi connectivity index (χ2v) is 9.97. The minimum absolute atomic E-state index is 0.147. The van der Waals surface area contributed by atoms with Crippen LogP contribution in [0.1, 0.15) is 39.5 Å². The van der Waals surface area contributed by atoms with Crippen LogP contribution >= 0.6 is 15.9 Å². The van der Waals surface area contributed by atoms with Crippen molar-refractivity contribution in [3.8, 4) is 0 Å². The Balaban J connectivity index is 1.93. The molecule has 152 valence electrons. The molecule has 6 nitrogen and oxygen atoms in total. The van der Waals surface area contributed by atoms with E-state index in [0.29, 0.717) is 6.54 Å². The average molecular weight is 460 g/mol. The average Bonchev–Trinajstić information content (AvgIpc) is 2.88. The summed E-state index contributed by atoms with van der Waals surface area (Å²) in [5.41, 5.74) is 0. The fourth-order valence-electron chi connectivity index (χ4n) is 3.15. The Morgan fingerprint density at radius 3 is 2.26 bits per heavy atom. The van der Waals surface area contributed by atoms with E-state index in [1.54, 1.807) is 12.1 Å². The number of likely N-dealkylation sites (tertiary alicyclic amines) is 1. The summed E-state index contributed by atoms with van der Waals surface area (Å²) in [7, 11) is -3.76. The zero-order valence-electron chi connectivity index (χ0n) is 16.1. The SMILES string of the molecule is CC(C)[C@H](NS(=O)(=O)c1ccc(Br)cc1)C(=O)NCCN1CCCCCC1. The number of carbonyl (C=O) groups excluding carboxylic acids is 1. The molecular weight excluding hydrogens is 430 g/mol. The lowest BCUT2D eigenvalue weighted by atomic mass is 10.1. The Labute approximate surface area is 171 Å². The molecule has 0 spiro atoms. The summed E-state index contributed by atoms with van der Waals surface area (Å²) in [6.45, 7) is 7.14. The molecule has 1 atom stereocenters. The first-order chi connectivity index (χ1) is 12.8. The van der Waals surface area contributed by atoms with Crippen LogP contribution in [0.3, 0.4) is 0 Å². The largest absolute Gasteiger partial charge is 0.353 e. The van der Waals surface area contributed by atoms with E-state index in [1.165, 1.54) is 37.8 Å². The second kappa shape index (κ2) is 10.5. The van der Waals surface area contributed by atoms with Gasteiger partial charge in [-0.1, -0.05) is 42.6 Å². The van der Waals surface area contributed by atoms with Gasteiger partial charge in [-0.2, -0.15) is 4.72 Å². The van der Waals surface area contributed by atoms with Gasteiger partial charge in [0.05, 0.1) is 4.90 Å². The lowest BCUT2D eigenvalue weighted by Crippen LogP contribution is -2.50. The van der Waals surface area contributed by atoms with E-state index in [9.17, 15) is 13.2 Å². The van der Waals surface area contributed by atoms with Crippen LogP contribution in [0.4, 0.5) is 0 Å². The topological polar surface area (TPSA) is 78.5 Å². The third-order valence-electron chi connectivity index (χ3n) is 4.78. The van der Waals surface area contributed by atoms with Gasteiger partial charge in [-0.25, -0.2) is 8.42 Å². The van der Waals surface area contributed by atoms with Gasteiger partial charge in [0.2, 0.25) is 15.9 Å². The highest BCUT2D eigenvalue weighted by Gasteiger charge is 2.28. The van der Waals surface area contributed by atoms with E-state index in [4.69, 9.17) is 0 Å². The molecule has 0 aromatic heterocycles. The Hall–Kier alpha value is -0.960. The van der Waals surface area contributed by atoms with Crippen LogP contribution in [0.25, 0.3) is 0 Å². The number of hydrogen-bond acceptors (Lipinski definition) is 4. The minimum Gasteiger partial charge on any atom is -0.353 e. The fourth-order valence-corrected chi connectivity index (χ4v) is 4.76. The zero-order valence-corrected chi connectivity index (χ0v) is 18.5. The van der Waals surface area contributed by atoms with Gasteiger partial charge in [0.25, 0.3) is 0 Å². The van der Waals surface area contributed by atoms with Crippen molar-refractivity contribution in [3.63, 3.8) is 0 Å². The highest BCUT2D eigenvalue weighted by atomic mass is 79.9. The quantitative estimate of drug-likeness (QED) is 0.626. The van der Waals surface area contributed by atoms with Crippen LogP contribution in [-0.4, -0.2) is 51.4 Å². The molecular formula is C19H30BrN3O3S. The maximum absolute atomic E-state index is 12.6. The molecule has 1 heterocycles. The second-order valence-electron chi connectivity index (χ2n) is 7.34. The molecule has 27 heavy (non-hydrogen) atoms. The molecule has 0 bridgehead atoms. The molecule has 0 saturated carbocycles. The summed E-state index contributed by atoms with van der Waals surface area (Å²) in [6, 6.07) is 5.56. The van der Waals surface area contributed by atoms with Crippen LogP contribution in [0, 0.1) is 5.92 Å². The van der Waals surface area contributed by atoms with Crippen molar-refractivity contribution in [1.29, 1.82) is 0 Å². The van der Waals surface area contributed by atoms with Gasteiger partial charge in [0, 0.05) is 17.6 Å². The number of hydrogen-bond donors (Lipinski definition) is 2. The number of halogens is 1. The zero-order chi connectivity index (χ0) is 19.9. The number of carbonyl (C=O) groups is 1. The molecule has 2 rings (SSSR count). The van der Waals surface area contributed by atoms with E-state index in [0.717, 1.165) is 24.1 Å².